The molecule has 0 spiro atoms. The number of methoxy groups -OCH3 is 2. The van der Waals surface area contributed by atoms with E-state index in [-0.39, 0.29) is 0 Å². The normalized spacial score (nSPS) is 10.4. The van der Waals surface area contributed by atoms with Crippen LogP contribution in [0.1, 0.15) is 5.56 Å². The zero-order valence-electron chi connectivity index (χ0n) is 16.0. The number of aromatic nitrogens is 3. The van der Waals surface area contributed by atoms with E-state index >= 15 is 0 Å². The molecule has 0 bridgehead atoms. The van der Waals surface area contributed by atoms with Gasteiger partial charge in [-0.1, -0.05) is 12.0 Å². The minimum Gasteiger partial charge on any atom is -0.493 e. The molecular weight excluding hydrogens is 364 g/mol. The zero-order chi connectivity index (χ0) is 20.2. The number of fused-ring (bicyclic) bond motifs is 1. The second-order valence-electron chi connectivity index (χ2n) is 6.21. The number of rotatable bonds is 5. The van der Waals surface area contributed by atoms with Crippen molar-refractivity contribution in [2.45, 2.75) is 0 Å². The van der Waals surface area contributed by atoms with Crippen molar-refractivity contribution in [3.05, 3.63) is 66.5 Å². The second kappa shape index (κ2) is 7.87. The molecule has 0 aliphatic heterocycles. The van der Waals surface area contributed by atoms with E-state index in [0.29, 0.717) is 28.7 Å². The highest BCUT2D eigenvalue weighted by atomic mass is 16.5. The van der Waals surface area contributed by atoms with Crippen molar-refractivity contribution >= 4 is 22.4 Å². The maximum atomic E-state index is 5.53. The lowest BCUT2D eigenvalue weighted by molar-refractivity contribution is 0.356. The van der Waals surface area contributed by atoms with Gasteiger partial charge in [-0.3, -0.25) is 4.98 Å². The average molecular weight is 382 g/mol. The standard InChI is InChI=1S/C23H18N4O2/c1-4-15-7-5-9-17(11-15)25-23-18-12-20(28-2)21(29-3)13-19(18)26-22(27-23)16-8-6-10-24-14-16/h1,5-14H,2-3H3,(H,25,26,27). The van der Waals surface area contributed by atoms with Crippen LogP contribution >= 0.6 is 0 Å². The van der Waals surface area contributed by atoms with Gasteiger partial charge in [0.25, 0.3) is 0 Å². The third-order valence-corrected chi connectivity index (χ3v) is 4.41. The monoisotopic (exact) mass is 382 g/mol. The predicted octanol–water partition coefficient (Wildman–Crippen LogP) is 4.43. The van der Waals surface area contributed by atoms with Crippen LogP contribution in [-0.4, -0.2) is 29.2 Å². The van der Waals surface area contributed by atoms with Gasteiger partial charge in [-0.05, 0) is 36.4 Å². The fourth-order valence-corrected chi connectivity index (χ4v) is 3.00. The van der Waals surface area contributed by atoms with Crippen molar-refractivity contribution < 1.29 is 9.47 Å². The Morgan fingerprint density at radius 3 is 2.52 bits per heavy atom. The highest BCUT2D eigenvalue weighted by Crippen LogP contribution is 2.36. The molecule has 0 saturated carbocycles. The predicted molar refractivity (Wildman–Crippen MR) is 114 cm³/mol. The summed E-state index contributed by atoms with van der Waals surface area (Å²) in [6.07, 6.45) is 8.97. The van der Waals surface area contributed by atoms with E-state index in [1.807, 2.05) is 48.5 Å². The maximum Gasteiger partial charge on any atom is 0.163 e. The fourth-order valence-electron chi connectivity index (χ4n) is 3.00. The Kier molecular flexibility index (Phi) is 4.95. The van der Waals surface area contributed by atoms with Crippen LogP contribution in [0.25, 0.3) is 22.3 Å². The van der Waals surface area contributed by atoms with Gasteiger partial charge in [-0.15, -0.1) is 6.42 Å². The van der Waals surface area contributed by atoms with E-state index < -0.39 is 0 Å². The number of hydrogen-bond donors (Lipinski definition) is 1. The smallest absolute Gasteiger partial charge is 0.163 e. The lowest BCUT2D eigenvalue weighted by Crippen LogP contribution is -2.01. The van der Waals surface area contributed by atoms with Crippen LogP contribution in [0.3, 0.4) is 0 Å². The first kappa shape index (κ1) is 18.3. The van der Waals surface area contributed by atoms with Gasteiger partial charge >= 0.3 is 0 Å². The minimum absolute atomic E-state index is 0.549. The highest BCUT2D eigenvalue weighted by Gasteiger charge is 2.14. The average Bonchev–Trinajstić information content (AvgIpc) is 2.78. The molecule has 0 saturated heterocycles. The van der Waals surface area contributed by atoms with Gasteiger partial charge in [0, 0.05) is 40.7 Å². The van der Waals surface area contributed by atoms with Crippen molar-refractivity contribution in [3.63, 3.8) is 0 Å². The quantitative estimate of drug-likeness (QED) is 0.515. The summed E-state index contributed by atoms with van der Waals surface area (Å²) in [5.74, 6) is 5.01. The van der Waals surface area contributed by atoms with Crippen molar-refractivity contribution in [1.82, 2.24) is 15.0 Å². The summed E-state index contributed by atoms with van der Waals surface area (Å²) < 4.78 is 10.9. The number of nitrogens with one attached hydrogen (secondary N) is 1. The highest BCUT2D eigenvalue weighted by molar-refractivity contribution is 5.94. The molecular formula is C23H18N4O2. The maximum absolute atomic E-state index is 5.53. The molecule has 29 heavy (non-hydrogen) atoms. The van der Waals surface area contributed by atoms with Gasteiger partial charge in [0.2, 0.25) is 0 Å². The largest absolute Gasteiger partial charge is 0.493 e. The van der Waals surface area contributed by atoms with Gasteiger partial charge in [0.05, 0.1) is 19.7 Å². The third kappa shape index (κ3) is 3.66. The molecule has 6 nitrogen and oxygen atoms in total. The molecule has 0 atom stereocenters. The molecule has 4 rings (SSSR count). The third-order valence-electron chi connectivity index (χ3n) is 4.41. The van der Waals surface area contributed by atoms with Gasteiger partial charge in [-0.25, -0.2) is 9.97 Å². The molecule has 4 aromatic rings. The summed E-state index contributed by atoms with van der Waals surface area (Å²) >= 11 is 0. The summed E-state index contributed by atoms with van der Waals surface area (Å²) in [5, 5.41) is 4.15. The lowest BCUT2D eigenvalue weighted by Gasteiger charge is -2.14. The number of hydrogen-bond acceptors (Lipinski definition) is 6. The van der Waals surface area contributed by atoms with E-state index in [1.165, 1.54) is 0 Å². The summed E-state index contributed by atoms with van der Waals surface area (Å²) in [6.45, 7) is 0. The Bertz CT molecular complexity index is 1220. The van der Waals surface area contributed by atoms with Crippen molar-refractivity contribution in [1.29, 1.82) is 0 Å². The summed E-state index contributed by atoms with van der Waals surface area (Å²) in [6, 6.07) is 15.0. The van der Waals surface area contributed by atoms with Gasteiger partial charge in [0.15, 0.2) is 17.3 Å². The molecule has 142 valence electrons. The molecule has 2 heterocycles. The Hall–Kier alpha value is -4.11. The van der Waals surface area contributed by atoms with Crippen molar-refractivity contribution in [3.8, 4) is 35.2 Å². The van der Waals surface area contributed by atoms with Crippen LogP contribution in [0.15, 0.2) is 60.9 Å². The van der Waals surface area contributed by atoms with E-state index in [9.17, 15) is 0 Å². The first-order chi connectivity index (χ1) is 14.2. The van der Waals surface area contributed by atoms with Crippen LogP contribution < -0.4 is 14.8 Å². The molecule has 1 N–H and O–H groups in total. The molecule has 0 fully saturated rings. The zero-order valence-corrected chi connectivity index (χ0v) is 16.0. The number of terminal acetylenes is 1. The molecule has 0 aliphatic carbocycles. The number of pyridine rings is 1. The number of benzene rings is 2. The fraction of sp³-hybridized carbons (Fsp3) is 0.0870. The number of ether oxygens (including phenoxy) is 2. The topological polar surface area (TPSA) is 69.2 Å². The number of nitrogens with zero attached hydrogens (tertiary/aromatic N) is 3. The lowest BCUT2D eigenvalue weighted by atomic mass is 10.1. The van der Waals surface area contributed by atoms with Crippen LogP contribution in [0.5, 0.6) is 11.5 Å². The molecule has 0 amide bonds. The van der Waals surface area contributed by atoms with Gasteiger partial charge in [-0.2, -0.15) is 0 Å². The Morgan fingerprint density at radius 2 is 1.79 bits per heavy atom. The first-order valence-corrected chi connectivity index (χ1v) is 8.89. The van der Waals surface area contributed by atoms with Gasteiger partial charge in [0.1, 0.15) is 5.82 Å². The van der Waals surface area contributed by atoms with Crippen LogP contribution in [0, 0.1) is 12.3 Å². The van der Waals surface area contributed by atoms with Crippen molar-refractivity contribution in [2.24, 2.45) is 0 Å². The SMILES string of the molecule is C#Cc1cccc(Nc2nc(-c3cccnc3)nc3cc(OC)c(OC)cc23)c1. The van der Waals surface area contributed by atoms with E-state index in [4.69, 9.17) is 25.9 Å². The van der Waals surface area contributed by atoms with E-state index in [2.05, 4.69) is 16.2 Å². The van der Waals surface area contributed by atoms with Gasteiger partial charge < -0.3 is 14.8 Å². The Balaban J connectivity index is 1.92. The molecule has 0 unspecified atom stereocenters. The van der Waals surface area contributed by atoms with Crippen molar-refractivity contribution in [2.75, 3.05) is 19.5 Å². The molecule has 0 radical (unpaired) electrons. The molecule has 0 aliphatic rings. The van der Waals surface area contributed by atoms with Crippen LogP contribution in [-0.2, 0) is 0 Å². The van der Waals surface area contributed by atoms with Crippen LogP contribution in [0.4, 0.5) is 11.5 Å². The second-order valence-corrected chi connectivity index (χ2v) is 6.21. The summed E-state index contributed by atoms with van der Waals surface area (Å²) in [7, 11) is 3.19. The Labute approximate surface area is 168 Å². The molecule has 2 aromatic heterocycles. The minimum atomic E-state index is 0.549. The van der Waals surface area contributed by atoms with E-state index in [1.54, 1.807) is 26.6 Å². The Morgan fingerprint density at radius 1 is 0.966 bits per heavy atom. The number of anilines is 2. The summed E-state index contributed by atoms with van der Waals surface area (Å²) in [5.41, 5.74) is 3.13. The summed E-state index contributed by atoms with van der Waals surface area (Å²) in [4.78, 5) is 13.6. The van der Waals surface area contributed by atoms with E-state index in [0.717, 1.165) is 22.2 Å². The van der Waals surface area contributed by atoms with Crippen LogP contribution in [0.2, 0.25) is 0 Å². The first-order valence-electron chi connectivity index (χ1n) is 8.89. The molecule has 6 heteroatoms. The molecule has 2 aromatic carbocycles.